The van der Waals surface area contributed by atoms with Gasteiger partial charge in [-0.1, -0.05) is 54.5 Å². The molecule has 2 aromatic rings. The molecule has 0 fully saturated rings. The zero-order chi connectivity index (χ0) is 24.1. The molecule has 0 bridgehead atoms. The van der Waals surface area contributed by atoms with E-state index in [4.69, 9.17) is 15.1 Å². The predicted molar refractivity (Wildman–Crippen MR) is 137 cm³/mol. The summed E-state index contributed by atoms with van der Waals surface area (Å²) in [6.07, 6.45) is 6.36. The number of hydrogen-bond donors (Lipinski definition) is 2. The van der Waals surface area contributed by atoms with Gasteiger partial charge in [0.25, 0.3) is 0 Å². The zero-order valence-electron chi connectivity index (χ0n) is 21.6. The molecule has 174 valence electrons. The fourth-order valence-corrected chi connectivity index (χ4v) is 3.44. The lowest BCUT2D eigenvalue weighted by molar-refractivity contribution is 0.399. The molecule has 5 nitrogen and oxygen atoms in total. The smallest absolute Gasteiger partial charge is 0.135 e. The number of aliphatic hydroxyl groups excluding tert-OH is 1. The van der Waals surface area contributed by atoms with Crippen LogP contribution in [0, 0.1) is 6.92 Å². The molecule has 0 aliphatic carbocycles. The molecule has 0 saturated heterocycles. The van der Waals surface area contributed by atoms with Crippen LogP contribution in [0.2, 0.25) is 0 Å². The maximum absolute atomic E-state index is 7.00. The van der Waals surface area contributed by atoms with Crippen LogP contribution in [-0.4, -0.2) is 34.5 Å². The van der Waals surface area contributed by atoms with Gasteiger partial charge in [0, 0.05) is 50.8 Å². The number of aliphatic hydroxyl groups is 1. The Bertz CT molecular complexity index is 861. The van der Waals surface area contributed by atoms with Crippen molar-refractivity contribution in [1.29, 1.82) is 0 Å². The molecule has 0 unspecified atom stereocenters. The number of aryl methyl sites for hydroxylation is 2. The minimum Gasteiger partial charge on any atom is -0.400 e. The van der Waals surface area contributed by atoms with Gasteiger partial charge in [0.15, 0.2) is 0 Å². The number of aromatic nitrogens is 2. The van der Waals surface area contributed by atoms with Crippen LogP contribution in [0.4, 0.5) is 11.5 Å². The first-order chi connectivity index (χ1) is 15.0. The fourth-order valence-electron chi connectivity index (χ4n) is 3.44. The number of hydrogen-bond acceptors (Lipinski definition) is 4. The Labute approximate surface area is 190 Å². The third-order valence-electron chi connectivity index (χ3n) is 4.91. The van der Waals surface area contributed by atoms with Crippen LogP contribution in [0.3, 0.4) is 0 Å². The summed E-state index contributed by atoms with van der Waals surface area (Å²) in [5.41, 5.74) is 8.10. The average Bonchev–Trinajstić information content (AvgIpc) is 2.97. The Hall–Kier alpha value is -2.40. The van der Waals surface area contributed by atoms with Crippen molar-refractivity contribution in [2.75, 3.05) is 19.5 Å². The SMILES string of the molecule is CC.CC.CCC1=CCc2c(c(C)cn2C)N=C1c1ccc(C(C)C)nc1NC.CO. The topological polar surface area (TPSA) is 62.4 Å². The van der Waals surface area contributed by atoms with Gasteiger partial charge in [0.05, 0.1) is 11.4 Å². The number of aliphatic imine (C=N–C) groups is 1. The van der Waals surface area contributed by atoms with Gasteiger partial charge in [-0.05, 0) is 42.5 Å². The molecule has 1 aliphatic heterocycles. The molecule has 2 N–H and O–H groups in total. The summed E-state index contributed by atoms with van der Waals surface area (Å²) in [6, 6.07) is 4.29. The number of fused-ring (bicyclic) bond motifs is 1. The standard InChI is InChI=1S/C21H28N4.2C2H6.CH4O/c1-7-15-8-11-18-19(14(4)12-25(18)6)24-20(15)16-9-10-17(13(2)3)23-21(16)22-5;3*1-2/h8-10,12-13H,7,11H2,1-6H3,(H,22,23);2*1-2H3;2H,1H3. The lowest BCUT2D eigenvalue weighted by Gasteiger charge is -2.15. The molecule has 0 amide bonds. The molecule has 3 rings (SSSR count). The molecule has 5 heteroatoms. The summed E-state index contributed by atoms with van der Waals surface area (Å²) in [7, 11) is 5.03. The number of anilines is 1. The van der Waals surface area contributed by atoms with Crippen molar-refractivity contribution in [3.8, 4) is 0 Å². The molecule has 0 radical (unpaired) electrons. The number of nitrogens with one attached hydrogen (secondary N) is 1. The maximum Gasteiger partial charge on any atom is 0.135 e. The molecule has 2 aromatic heterocycles. The van der Waals surface area contributed by atoms with E-state index in [0.717, 1.165) is 48.4 Å². The quantitative estimate of drug-likeness (QED) is 0.579. The van der Waals surface area contributed by atoms with Gasteiger partial charge in [-0.25, -0.2) is 9.98 Å². The highest BCUT2D eigenvalue weighted by molar-refractivity contribution is 6.16. The molecule has 0 saturated carbocycles. The molecule has 1 aliphatic rings. The summed E-state index contributed by atoms with van der Waals surface area (Å²) in [5, 5.41) is 10.3. The Balaban J connectivity index is 0.00000138. The molecule has 3 heterocycles. The van der Waals surface area contributed by atoms with Crippen LogP contribution in [0.5, 0.6) is 0 Å². The second kappa shape index (κ2) is 14.6. The average molecular weight is 429 g/mol. The summed E-state index contributed by atoms with van der Waals surface area (Å²) in [5.74, 6) is 1.31. The summed E-state index contributed by atoms with van der Waals surface area (Å²) >= 11 is 0. The molecular weight excluding hydrogens is 384 g/mol. The van der Waals surface area contributed by atoms with Gasteiger partial charge in [-0.2, -0.15) is 0 Å². The first kappa shape index (κ1) is 28.6. The van der Waals surface area contributed by atoms with E-state index in [1.54, 1.807) is 0 Å². The van der Waals surface area contributed by atoms with E-state index in [2.05, 4.69) is 69.0 Å². The van der Waals surface area contributed by atoms with Crippen LogP contribution >= 0.6 is 0 Å². The van der Waals surface area contributed by atoms with E-state index in [0.29, 0.717) is 5.92 Å². The lowest BCUT2D eigenvalue weighted by Crippen LogP contribution is -2.11. The normalized spacial score (nSPS) is 11.9. The minimum absolute atomic E-state index is 0.404. The first-order valence-electron chi connectivity index (χ1n) is 11.5. The lowest BCUT2D eigenvalue weighted by atomic mass is 9.98. The third-order valence-corrected chi connectivity index (χ3v) is 4.91. The maximum atomic E-state index is 7.00. The van der Waals surface area contributed by atoms with Gasteiger partial charge >= 0.3 is 0 Å². The molecule has 0 spiro atoms. The van der Waals surface area contributed by atoms with Crippen LogP contribution in [0.15, 0.2) is 35.0 Å². The zero-order valence-corrected chi connectivity index (χ0v) is 21.6. The van der Waals surface area contributed by atoms with E-state index >= 15 is 0 Å². The van der Waals surface area contributed by atoms with Crippen molar-refractivity contribution < 1.29 is 5.11 Å². The van der Waals surface area contributed by atoms with E-state index in [1.165, 1.54) is 16.8 Å². The molecule has 31 heavy (non-hydrogen) atoms. The van der Waals surface area contributed by atoms with Gasteiger partial charge in [0.2, 0.25) is 0 Å². The van der Waals surface area contributed by atoms with Crippen LogP contribution in [0.1, 0.15) is 83.3 Å². The monoisotopic (exact) mass is 428 g/mol. The van der Waals surface area contributed by atoms with Gasteiger partial charge in [-0.15, -0.1) is 0 Å². The summed E-state index contributed by atoms with van der Waals surface area (Å²) in [6.45, 7) is 16.7. The highest BCUT2D eigenvalue weighted by Crippen LogP contribution is 2.33. The summed E-state index contributed by atoms with van der Waals surface area (Å²) < 4.78 is 2.19. The fraction of sp³-hybridized carbons (Fsp3) is 0.538. The van der Waals surface area contributed by atoms with E-state index in [1.807, 2.05) is 34.7 Å². The Morgan fingerprint density at radius 1 is 1.13 bits per heavy atom. The highest BCUT2D eigenvalue weighted by Gasteiger charge is 2.21. The van der Waals surface area contributed by atoms with Crippen molar-refractivity contribution >= 4 is 17.2 Å². The van der Waals surface area contributed by atoms with Crippen molar-refractivity contribution in [3.05, 3.63) is 52.5 Å². The van der Waals surface area contributed by atoms with Crippen LogP contribution < -0.4 is 5.32 Å². The summed E-state index contributed by atoms with van der Waals surface area (Å²) in [4.78, 5) is 9.94. The van der Waals surface area contributed by atoms with Crippen LogP contribution in [-0.2, 0) is 13.5 Å². The number of allylic oxidation sites excluding steroid dienone is 2. The van der Waals surface area contributed by atoms with E-state index in [9.17, 15) is 0 Å². The molecule has 0 aromatic carbocycles. The van der Waals surface area contributed by atoms with Crippen molar-refractivity contribution in [3.63, 3.8) is 0 Å². The van der Waals surface area contributed by atoms with E-state index in [-0.39, 0.29) is 0 Å². The van der Waals surface area contributed by atoms with Gasteiger partial charge in [0.1, 0.15) is 5.82 Å². The Morgan fingerprint density at radius 2 is 1.74 bits per heavy atom. The first-order valence-corrected chi connectivity index (χ1v) is 11.5. The number of pyridine rings is 1. The largest absolute Gasteiger partial charge is 0.400 e. The van der Waals surface area contributed by atoms with Crippen LogP contribution in [0.25, 0.3) is 0 Å². The number of nitrogens with zero attached hydrogens (tertiary/aromatic N) is 3. The Kier molecular flexibility index (Phi) is 13.4. The van der Waals surface area contributed by atoms with Crippen molar-refractivity contribution in [2.24, 2.45) is 12.0 Å². The second-order valence-corrected chi connectivity index (χ2v) is 7.00. The minimum atomic E-state index is 0.404. The van der Waals surface area contributed by atoms with Gasteiger partial charge in [-0.3, -0.25) is 0 Å². The van der Waals surface area contributed by atoms with Crippen molar-refractivity contribution in [1.82, 2.24) is 9.55 Å². The predicted octanol–water partition coefficient (Wildman–Crippen LogP) is 6.57. The van der Waals surface area contributed by atoms with Crippen molar-refractivity contribution in [2.45, 2.75) is 74.1 Å². The Morgan fingerprint density at radius 3 is 2.26 bits per heavy atom. The number of rotatable bonds is 4. The second-order valence-electron chi connectivity index (χ2n) is 7.00. The highest BCUT2D eigenvalue weighted by atomic mass is 16.2. The van der Waals surface area contributed by atoms with Gasteiger partial charge < -0.3 is 15.0 Å². The molecular formula is C26H44N4O. The third kappa shape index (κ3) is 6.79. The van der Waals surface area contributed by atoms with E-state index < -0.39 is 0 Å². The molecule has 0 atom stereocenters.